The van der Waals surface area contributed by atoms with E-state index in [0.717, 1.165) is 0 Å². The molecule has 0 fully saturated rings. The van der Waals surface area contributed by atoms with E-state index in [4.69, 9.17) is 9.15 Å². The molecule has 3 aromatic rings. The first kappa shape index (κ1) is 15.9. The van der Waals surface area contributed by atoms with E-state index in [0.29, 0.717) is 28.1 Å². The lowest BCUT2D eigenvalue weighted by molar-refractivity contribution is 0.102. The summed E-state index contributed by atoms with van der Waals surface area (Å²) in [7, 11) is 1.60. The summed E-state index contributed by atoms with van der Waals surface area (Å²) < 4.78 is 12.1. The summed E-state index contributed by atoms with van der Waals surface area (Å²) in [5, 5.41) is 2.84. The van der Waals surface area contributed by atoms with Gasteiger partial charge < -0.3 is 14.5 Å². The van der Waals surface area contributed by atoms with Crippen LogP contribution < -0.4 is 15.8 Å². The number of carbonyl (C=O) groups is 1. The molecule has 6 nitrogen and oxygen atoms in total. The lowest BCUT2D eigenvalue weighted by Gasteiger charge is -2.14. The molecule has 1 N–H and O–H groups in total. The van der Waals surface area contributed by atoms with Gasteiger partial charge in [-0.1, -0.05) is 12.1 Å². The number of carbonyl (C=O) groups excluding carboxylic acids is 1. The number of hydrogen-bond donors (Lipinski definition) is 1. The Morgan fingerprint density at radius 1 is 1.21 bits per heavy atom. The summed E-state index contributed by atoms with van der Waals surface area (Å²) in [6.45, 7) is 3.85. The molecule has 0 unspecified atom stereocenters. The highest BCUT2D eigenvalue weighted by Gasteiger charge is 2.13. The van der Waals surface area contributed by atoms with Crippen LogP contribution in [-0.4, -0.2) is 16.6 Å². The van der Waals surface area contributed by atoms with Crippen molar-refractivity contribution >= 4 is 22.7 Å². The van der Waals surface area contributed by atoms with Crippen molar-refractivity contribution in [3.05, 3.63) is 58.6 Å². The molecule has 1 amide bonds. The molecule has 1 heterocycles. The molecule has 0 radical (unpaired) electrons. The van der Waals surface area contributed by atoms with Crippen molar-refractivity contribution in [1.82, 2.24) is 4.57 Å². The number of oxazole rings is 1. The monoisotopic (exact) mass is 326 g/mol. The molecule has 0 aliphatic rings. The van der Waals surface area contributed by atoms with Crippen LogP contribution in [0.2, 0.25) is 0 Å². The number of anilines is 1. The zero-order valence-electron chi connectivity index (χ0n) is 13.7. The number of fused-ring (bicyclic) bond motifs is 1. The fraction of sp³-hybridized carbons (Fsp3) is 0.222. The molecular weight excluding hydrogens is 308 g/mol. The van der Waals surface area contributed by atoms with E-state index in [1.165, 1.54) is 4.57 Å². The number of benzene rings is 2. The van der Waals surface area contributed by atoms with Gasteiger partial charge in [0.2, 0.25) is 0 Å². The lowest BCUT2D eigenvalue weighted by Crippen LogP contribution is -2.14. The number of nitrogens with zero attached hydrogens (tertiary/aromatic N) is 1. The molecule has 24 heavy (non-hydrogen) atoms. The van der Waals surface area contributed by atoms with Crippen molar-refractivity contribution in [3.63, 3.8) is 0 Å². The molecule has 0 saturated heterocycles. The average molecular weight is 326 g/mol. The Hall–Kier alpha value is -3.02. The third-order valence-corrected chi connectivity index (χ3v) is 3.55. The van der Waals surface area contributed by atoms with E-state index >= 15 is 0 Å². The van der Waals surface area contributed by atoms with Crippen molar-refractivity contribution < 1.29 is 13.9 Å². The molecule has 0 aliphatic carbocycles. The second-order valence-electron chi connectivity index (χ2n) is 5.73. The fourth-order valence-electron chi connectivity index (χ4n) is 2.39. The first-order chi connectivity index (χ1) is 11.5. The molecule has 0 saturated carbocycles. The third kappa shape index (κ3) is 3.03. The third-order valence-electron chi connectivity index (χ3n) is 3.55. The Kier molecular flexibility index (Phi) is 4.12. The summed E-state index contributed by atoms with van der Waals surface area (Å²) in [5.74, 6) is -0.138. The molecule has 2 aromatic carbocycles. The second kappa shape index (κ2) is 6.23. The van der Waals surface area contributed by atoms with Gasteiger partial charge in [-0.25, -0.2) is 4.79 Å². The number of amides is 1. The van der Waals surface area contributed by atoms with Crippen LogP contribution in [0.5, 0.6) is 5.75 Å². The topological polar surface area (TPSA) is 73.5 Å². The van der Waals surface area contributed by atoms with Gasteiger partial charge in [-0.2, -0.15) is 0 Å². The molecule has 3 rings (SSSR count). The van der Waals surface area contributed by atoms with E-state index in [-0.39, 0.29) is 12.0 Å². The van der Waals surface area contributed by atoms with Crippen molar-refractivity contribution in [2.75, 3.05) is 5.32 Å². The first-order valence-electron chi connectivity index (χ1n) is 7.62. The van der Waals surface area contributed by atoms with Crippen molar-refractivity contribution in [3.8, 4) is 5.75 Å². The molecule has 1 aromatic heterocycles. The number of ether oxygens (including phenoxy) is 1. The van der Waals surface area contributed by atoms with Crippen molar-refractivity contribution in [2.45, 2.75) is 20.0 Å². The number of aryl methyl sites for hydroxylation is 1. The lowest BCUT2D eigenvalue weighted by atomic mass is 10.2. The first-order valence-corrected chi connectivity index (χ1v) is 7.62. The largest absolute Gasteiger partial charge is 0.489 e. The number of nitrogens with one attached hydrogen (secondary N) is 1. The number of para-hydroxylation sites is 2. The van der Waals surface area contributed by atoms with Crippen molar-refractivity contribution in [2.24, 2.45) is 7.05 Å². The predicted octanol–water partition coefficient (Wildman–Crippen LogP) is 3.17. The van der Waals surface area contributed by atoms with Crippen LogP contribution in [0.3, 0.4) is 0 Å². The zero-order chi connectivity index (χ0) is 17.3. The van der Waals surface area contributed by atoms with E-state index in [1.807, 2.05) is 26.0 Å². The number of rotatable bonds is 4. The highest BCUT2D eigenvalue weighted by molar-refractivity contribution is 6.06. The van der Waals surface area contributed by atoms with Crippen molar-refractivity contribution in [1.29, 1.82) is 0 Å². The van der Waals surface area contributed by atoms with Gasteiger partial charge in [0.25, 0.3) is 5.91 Å². The average Bonchev–Trinajstić information content (AvgIpc) is 2.83. The Bertz CT molecular complexity index is 953. The maximum Gasteiger partial charge on any atom is 0.419 e. The van der Waals surface area contributed by atoms with Gasteiger partial charge in [0.1, 0.15) is 5.75 Å². The van der Waals surface area contributed by atoms with E-state index in [1.54, 1.807) is 37.4 Å². The summed E-state index contributed by atoms with van der Waals surface area (Å²) in [6.07, 6.45) is -0.000132. The Labute approximate surface area is 138 Å². The quantitative estimate of drug-likeness (QED) is 0.799. The van der Waals surface area contributed by atoms with Crippen LogP contribution in [0.4, 0.5) is 5.69 Å². The van der Waals surface area contributed by atoms with Crippen LogP contribution in [0.15, 0.2) is 51.7 Å². The van der Waals surface area contributed by atoms with Gasteiger partial charge in [0.05, 0.1) is 17.3 Å². The molecule has 0 bridgehead atoms. The number of hydrogen-bond acceptors (Lipinski definition) is 4. The van der Waals surface area contributed by atoms with Crippen LogP contribution in [0, 0.1) is 0 Å². The minimum atomic E-state index is -0.460. The highest BCUT2D eigenvalue weighted by atomic mass is 16.5. The Morgan fingerprint density at radius 2 is 1.96 bits per heavy atom. The van der Waals surface area contributed by atoms with E-state index < -0.39 is 5.76 Å². The Balaban J connectivity index is 1.90. The summed E-state index contributed by atoms with van der Waals surface area (Å²) in [4.78, 5) is 24.1. The molecule has 0 atom stereocenters. The second-order valence-corrected chi connectivity index (χ2v) is 5.73. The maximum absolute atomic E-state index is 12.5. The van der Waals surface area contributed by atoms with Gasteiger partial charge in [0, 0.05) is 12.6 Å². The smallest absolute Gasteiger partial charge is 0.419 e. The Morgan fingerprint density at radius 3 is 2.71 bits per heavy atom. The van der Waals surface area contributed by atoms with E-state index in [9.17, 15) is 9.59 Å². The normalized spacial score (nSPS) is 11.0. The summed E-state index contributed by atoms with van der Waals surface area (Å²) >= 11 is 0. The minimum Gasteiger partial charge on any atom is -0.489 e. The van der Waals surface area contributed by atoms with Crippen LogP contribution in [0.1, 0.15) is 24.2 Å². The van der Waals surface area contributed by atoms with Gasteiger partial charge in [-0.05, 0) is 44.2 Å². The highest BCUT2D eigenvalue weighted by Crippen LogP contribution is 2.25. The standard InChI is InChI=1S/C18H18N2O4/c1-11(2)23-15-7-5-4-6-13(15)19-17(21)12-8-9-16-14(10-12)20(3)18(22)24-16/h4-11H,1-3H3,(H,19,21). The molecule has 124 valence electrons. The van der Waals surface area contributed by atoms with Gasteiger partial charge in [-0.3, -0.25) is 9.36 Å². The summed E-state index contributed by atoms with van der Waals surface area (Å²) in [6, 6.07) is 12.1. The predicted molar refractivity (Wildman–Crippen MR) is 91.6 cm³/mol. The molecule has 0 aliphatic heterocycles. The zero-order valence-corrected chi connectivity index (χ0v) is 13.7. The number of aromatic nitrogens is 1. The van der Waals surface area contributed by atoms with Gasteiger partial charge in [0.15, 0.2) is 5.58 Å². The molecule has 6 heteroatoms. The maximum atomic E-state index is 12.5. The molecular formula is C18H18N2O4. The van der Waals surface area contributed by atoms with Crippen LogP contribution >= 0.6 is 0 Å². The SMILES string of the molecule is CC(C)Oc1ccccc1NC(=O)c1ccc2oc(=O)n(C)c2c1. The summed E-state index contributed by atoms with van der Waals surface area (Å²) in [5.41, 5.74) is 2.04. The molecule has 0 spiro atoms. The fourth-order valence-corrected chi connectivity index (χ4v) is 2.39. The van der Waals surface area contributed by atoms with Gasteiger partial charge in [-0.15, -0.1) is 0 Å². The van der Waals surface area contributed by atoms with Gasteiger partial charge >= 0.3 is 5.76 Å². The van der Waals surface area contributed by atoms with E-state index in [2.05, 4.69) is 5.32 Å². The van der Waals surface area contributed by atoms with Crippen LogP contribution in [-0.2, 0) is 7.05 Å². The van der Waals surface area contributed by atoms with Crippen LogP contribution in [0.25, 0.3) is 11.1 Å². The minimum absolute atomic E-state index is 0.000132.